The zero-order valence-corrected chi connectivity index (χ0v) is 12.6. The molecular formula is C15H20N4S. The highest BCUT2D eigenvalue weighted by atomic mass is 32.1. The fraction of sp³-hybridized carbons (Fsp3) is 0.467. The summed E-state index contributed by atoms with van der Waals surface area (Å²) < 4.78 is 4.38. The second-order valence-corrected chi connectivity index (χ2v) is 6.26. The minimum Gasteiger partial charge on any atom is -0.382 e. The molecule has 0 spiro atoms. The summed E-state index contributed by atoms with van der Waals surface area (Å²) in [7, 11) is 0. The fourth-order valence-electron chi connectivity index (χ4n) is 2.77. The number of hydrogen-bond donors (Lipinski definition) is 1. The van der Waals surface area contributed by atoms with Gasteiger partial charge in [0.2, 0.25) is 0 Å². The smallest absolute Gasteiger partial charge is 0.147 e. The lowest BCUT2D eigenvalue weighted by atomic mass is 10.0. The molecule has 1 atom stereocenters. The Labute approximate surface area is 123 Å². The number of rotatable bonds is 2. The van der Waals surface area contributed by atoms with E-state index in [4.69, 9.17) is 5.73 Å². The van der Waals surface area contributed by atoms with E-state index in [0.29, 0.717) is 5.82 Å². The summed E-state index contributed by atoms with van der Waals surface area (Å²) in [6.45, 7) is 4.54. The minimum absolute atomic E-state index is 0.633. The number of pyridine rings is 1. The summed E-state index contributed by atoms with van der Waals surface area (Å²) in [4.78, 5) is 6.53. The maximum Gasteiger partial charge on any atom is 0.147 e. The standard InChI is InChI=1S/C15H20N4S/c1-11-3-2-9-19(10-6-11)15-13(14(16)18-20-15)12-4-7-17-8-5-12/h4-5,7-8,11H,2-3,6,9-10H2,1H3,(H2,16,18). The normalized spacial score (nSPS) is 19.9. The van der Waals surface area contributed by atoms with E-state index in [1.54, 1.807) is 12.4 Å². The Hall–Kier alpha value is -1.62. The first-order valence-corrected chi connectivity index (χ1v) is 7.93. The molecule has 0 amide bonds. The van der Waals surface area contributed by atoms with Gasteiger partial charge in [0.1, 0.15) is 10.8 Å². The Morgan fingerprint density at radius 3 is 2.85 bits per heavy atom. The first-order valence-electron chi connectivity index (χ1n) is 7.16. The van der Waals surface area contributed by atoms with Crippen molar-refractivity contribution in [3.63, 3.8) is 0 Å². The van der Waals surface area contributed by atoms with Gasteiger partial charge in [0.15, 0.2) is 0 Å². The molecule has 2 N–H and O–H groups in total. The van der Waals surface area contributed by atoms with Crippen molar-refractivity contribution in [2.75, 3.05) is 23.7 Å². The number of nitrogen functional groups attached to an aromatic ring is 1. The molecule has 0 aromatic carbocycles. The zero-order valence-electron chi connectivity index (χ0n) is 11.7. The fourth-order valence-corrected chi connectivity index (χ4v) is 3.65. The average Bonchev–Trinajstić information content (AvgIpc) is 2.71. The molecule has 2 aromatic heterocycles. The number of hydrogen-bond acceptors (Lipinski definition) is 5. The van der Waals surface area contributed by atoms with Crippen LogP contribution in [0.2, 0.25) is 0 Å². The van der Waals surface area contributed by atoms with Gasteiger partial charge in [0, 0.05) is 25.5 Å². The Morgan fingerprint density at radius 1 is 1.25 bits per heavy atom. The Morgan fingerprint density at radius 2 is 2.05 bits per heavy atom. The Balaban J connectivity index is 1.94. The number of anilines is 2. The highest BCUT2D eigenvalue weighted by Crippen LogP contribution is 2.40. The molecule has 1 saturated heterocycles. The van der Waals surface area contributed by atoms with Crippen LogP contribution in [0, 0.1) is 5.92 Å². The van der Waals surface area contributed by atoms with Gasteiger partial charge >= 0.3 is 0 Å². The summed E-state index contributed by atoms with van der Waals surface area (Å²) >= 11 is 1.52. The molecule has 0 radical (unpaired) electrons. The molecule has 1 fully saturated rings. The zero-order chi connectivity index (χ0) is 13.9. The number of nitrogens with zero attached hydrogens (tertiary/aromatic N) is 3. The first-order chi connectivity index (χ1) is 9.75. The maximum atomic E-state index is 6.10. The maximum absolute atomic E-state index is 6.10. The van der Waals surface area contributed by atoms with E-state index in [1.807, 2.05) is 12.1 Å². The molecule has 20 heavy (non-hydrogen) atoms. The van der Waals surface area contributed by atoms with E-state index in [9.17, 15) is 0 Å². The predicted octanol–water partition coefficient (Wildman–Crippen LogP) is 3.41. The number of nitrogens with two attached hydrogens (primary N) is 1. The summed E-state index contributed by atoms with van der Waals surface area (Å²) in [5, 5.41) is 1.21. The molecule has 3 heterocycles. The van der Waals surface area contributed by atoms with Gasteiger partial charge in [0.05, 0.1) is 5.56 Å². The SMILES string of the molecule is CC1CCCN(c2snc(N)c2-c2ccncc2)CC1. The molecule has 0 bridgehead atoms. The molecule has 1 unspecified atom stereocenters. The van der Waals surface area contributed by atoms with Crippen LogP contribution in [-0.2, 0) is 0 Å². The largest absolute Gasteiger partial charge is 0.382 e. The van der Waals surface area contributed by atoms with E-state index in [-0.39, 0.29) is 0 Å². The van der Waals surface area contributed by atoms with Gasteiger partial charge < -0.3 is 10.6 Å². The van der Waals surface area contributed by atoms with Crippen LogP contribution in [0.3, 0.4) is 0 Å². The van der Waals surface area contributed by atoms with Crippen LogP contribution >= 0.6 is 11.5 Å². The van der Waals surface area contributed by atoms with Crippen molar-refractivity contribution in [3.05, 3.63) is 24.5 Å². The van der Waals surface area contributed by atoms with Gasteiger partial charge in [0.25, 0.3) is 0 Å². The van der Waals surface area contributed by atoms with Gasteiger partial charge in [-0.1, -0.05) is 6.92 Å². The van der Waals surface area contributed by atoms with Crippen molar-refractivity contribution < 1.29 is 0 Å². The van der Waals surface area contributed by atoms with Gasteiger partial charge in [-0.15, -0.1) is 0 Å². The van der Waals surface area contributed by atoms with Gasteiger partial charge in [-0.25, -0.2) is 0 Å². The summed E-state index contributed by atoms with van der Waals surface area (Å²) in [6, 6.07) is 4.01. The molecule has 0 saturated carbocycles. The first kappa shape index (κ1) is 13.4. The molecule has 3 rings (SSSR count). The highest BCUT2D eigenvalue weighted by molar-refractivity contribution is 7.11. The van der Waals surface area contributed by atoms with E-state index in [1.165, 1.54) is 35.8 Å². The third-order valence-electron chi connectivity index (χ3n) is 3.97. The molecule has 4 nitrogen and oxygen atoms in total. The van der Waals surface area contributed by atoms with E-state index >= 15 is 0 Å². The van der Waals surface area contributed by atoms with Crippen LogP contribution in [0.5, 0.6) is 0 Å². The monoisotopic (exact) mass is 288 g/mol. The van der Waals surface area contributed by atoms with Crippen molar-refractivity contribution in [1.82, 2.24) is 9.36 Å². The topological polar surface area (TPSA) is 55.0 Å². The van der Waals surface area contributed by atoms with Gasteiger partial charge in [-0.2, -0.15) is 4.37 Å². The van der Waals surface area contributed by atoms with E-state index in [0.717, 1.165) is 30.1 Å². The quantitative estimate of drug-likeness (QED) is 0.920. The van der Waals surface area contributed by atoms with Crippen LogP contribution in [0.4, 0.5) is 10.8 Å². The van der Waals surface area contributed by atoms with Gasteiger partial charge in [-0.3, -0.25) is 4.98 Å². The lowest BCUT2D eigenvalue weighted by Crippen LogP contribution is -2.23. The minimum atomic E-state index is 0.633. The van der Waals surface area contributed by atoms with Crippen molar-refractivity contribution in [1.29, 1.82) is 0 Å². The molecule has 2 aromatic rings. The lowest BCUT2D eigenvalue weighted by Gasteiger charge is -2.22. The molecule has 1 aliphatic heterocycles. The number of aromatic nitrogens is 2. The summed E-state index contributed by atoms with van der Waals surface area (Å²) in [5.41, 5.74) is 8.28. The molecule has 1 aliphatic rings. The second kappa shape index (κ2) is 5.79. The van der Waals surface area contributed by atoms with Crippen molar-refractivity contribution >= 4 is 22.4 Å². The van der Waals surface area contributed by atoms with Crippen LogP contribution in [0.25, 0.3) is 11.1 Å². The van der Waals surface area contributed by atoms with Crippen molar-refractivity contribution in [2.24, 2.45) is 5.92 Å². The lowest BCUT2D eigenvalue weighted by molar-refractivity contribution is 0.521. The average molecular weight is 288 g/mol. The predicted molar refractivity (Wildman–Crippen MR) is 85.0 cm³/mol. The summed E-state index contributed by atoms with van der Waals surface area (Å²) in [6.07, 6.45) is 7.42. The highest BCUT2D eigenvalue weighted by Gasteiger charge is 2.21. The third-order valence-corrected chi connectivity index (χ3v) is 4.90. The van der Waals surface area contributed by atoms with Crippen LogP contribution in [0.1, 0.15) is 26.2 Å². The Kier molecular flexibility index (Phi) is 3.87. The van der Waals surface area contributed by atoms with E-state index in [2.05, 4.69) is 21.2 Å². The van der Waals surface area contributed by atoms with Crippen molar-refractivity contribution in [3.8, 4) is 11.1 Å². The van der Waals surface area contributed by atoms with E-state index < -0.39 is 0 Å². The molecular weight excluding hydrogens is 268 g/mol. The third kappa shape index (κ3) is 2.63. The Bertz CT molecular complexity index is 567. The van der Waals surface area contributed by atoms with Crippen LogP contribution in [0.15, 0.2) is 24.5 Å². The molecule has 5 heteroatoms. The van der Waals surface area contributed by atoms with Crippen LogP contribution < -0.4 is 10.6 Å². The molecule has 0 aliphatic carbocycles. The van der Waals surface area contributed by atoms with Gasteiger partial charge in [-0.05, 0) is 54.4 Å². The second-order valence-electron chi connectivity index (χ2n) is 5.51. The van der Waals surface area contributed by atoms with Crippen LogP contribution in [-0.4, -0.2) is 22.4 Å². The summed E-state index contributed by atoms with van der Waals surface area (Å²) in [5.74, 6) is 1.45. The molecule has 106 valence electrons. The van der Waals surface area contributed by atoms with Crippen molar-refractivity contribution in [2.45, 2.75) is 26.2 Å².